The molecule has 0 aliphatic heterocycles. The van der Waals surface area contributed by atoms with Crippen molar-refractivity contribution in [3.8, 4) is 0 Å². The number of ketones is 1. The molecule has 16 heavy (non-hydrogen) atoms. The maximum absolute atomic E-state index is 12.2. The summed E-state index contributed by atoms with van der Waals surface area (Å²) in [5.41, 5.74) is 2.48. The lowest BCUT2D eigenvalue weighted by molar-refractivity contribution is -0.125. The van der Waals surface area contributed by atoms with Gasteiger partial charge in [-0.25, -0.2) is 0 Å². The maximum atomic E-state index is 12.2. The van der Waals surface area contributed by atoms with Gasteiger partial charge in [0.05, 0.1) is 6.61 Å². The minimum Gasteiger partial charge on any atom is -0.396 e. The summed E-state index contributed by atoms with van der Waals surface area (Å²) < 4.78 is 0. The second-order valence-electron chi connectivity index (χ2n) is 4.48. The van der Waals surface area contributed by atoms with Gasteiger partial charge in [0, 0.05) is 11.8 Å². The van der Waals surface area contributed by atoms with Gasteiger partial charge in [-0.3, -0.25) is 4.79 Å². The van der Waals surface area contributed by atoms with Gasteiger partial charge in [-0.05, 0) is 30.4 Å². The predicted octanol–water partition coefficient (Wildman–Crippen LogP) is 2.30. The highest BCUT2D eigenvalue weighted by molar-refractivity contribution is 5.89. The summed E-state index contributed by atoms with van der Waals surface area (Å²) in [5, 5.41) is 9.18. The van der Waals surface area contributed by atoms with Crippen LogP contribution < -0.4 is 0 Å². The highest BCUT2D eigenvalue weighted by atomic mass is 16.3. The van der Waals surface area contributed by atoms with Crippen LogP contribution in [0.15, 0.2) is 24.3 Å². The Balaban J connectivity index is 2.22. The van der Waals surface area contributed by atoms with E-state index in [1.165, 1.54) is 11.1 Å². The highest BCUT2D eigenvalue weighted by Gasteiger charge is 2.31. The van der Waals surface area contributed by atoms with E-state index in [9.17, 15) is 9.90 Å². The molecular weight excluding hydrogens is 200 g/mol. The molecule has 0 heterocycles. The fraction of sp³-hybridized carbons (Fsp3) is 0.500. The summed E-state index contributed by atoms with van der Waals surface area (Å²) in [6.45, 7) is 1.94. The van der Waals surface area contributed by atoms with Crippen LogP contribution in [-0.4, -0.2) is 17.5 Å². The number of fused-ring (bicyclic) bond motifs is 1. The maximum Gasteiger partial charge on any atom is 0.145 e. The van der Waals surface area contributed by atoms with Crippen molar-refractivity contribution in [2.24, 2.45) is 5.92 Å². The molecule has 2 heteroatoms. The molecule has 0 radical (unpaired) electrons. The van der Waals surface area contributed by atoms with E-state index in [1.54, 1.807) is 0 Å². The van der Waals surface area contributed by atoms with E-state index in [4.69, 9.17) is 0 Å². The Bertz CT molecular complexity index is 380. The molecule has 1 aromatic carbocycles. The average Bonchev–Trinajstić information content (AvgIpc) is 2.74. The number of aryl methyl sites for hydroxylation is 1. The van der Waals surface area contributed by atoms with E-state index in [-0.39, 0.29) is 24.2 Å². The van der Waals surface area contributed by atoms with Crippen LogP contribution in [0.2, 0.25) is 0 Å². The van der Waals surface area contributed by atoms with Crippen molar-refractivity contribution in [2.75, 3.05) is 6.61 Å². The summed E-state index contributed by atoms with van der Waals surface area (Å²) in [4.78, 5) is 12.2. The van der Waals surface area contributed by atoms with Crippen molar-refractivity contribution >= 4 is 5.78 Å². The molecule has 0 amide bonds. The van der Waals surface area contributed by atoms with Crippen LogP contribution in [0.25, 0.3) is 0 Å². The van der Waals surface area contributed by atoms with Crippen LogP contribution in [0, 0.1) is 5.92 Å². The standard InChI is InChI=1S/C14H18O2/c1-2-10(9-15)14(16)13-8-7-11-5-3-4-6-12(11)13/h3-6,10,13,15H,2,7-9H2,1H3. The van der Waals surface area contributed by atoms with E-state index in [0.717, 1.165) is 19.3 Å². The number of hydrogen-bond acceptors (Lipinski definition) is 2. The third-order valence-electron chi connectivity index (χ3n) is 3.59. The van der Waals surface area contributed by atoms with Crippen molar-refractivity contribution in [1.82, 2.24) is 0 Å². The largest absolute Gasteiger partial charge is 0.396 e. The Morgan fingerprint density at radius 2 is 2.25 bits per heavy atom. The van der Waals surface area contributed by atoms with Gasteiger partial charge >= 0.3 is 0 Å². The van der Waals surface area contributed by atoms with Gasteiger partial charge in [0.2, 0.25) is 0 Å². The van der Waals surface area contributed by atoms with Crippen molar-refractivity contribution < 1.29 is 9.90 Å². The van der Waals surface area contributed by atoms with Crippen LogP contribution in [-0.2, 0) is 11.2 Å². The molecule has 1 aliphatic carbocycles. The first-order valence-corrected chi connectivity index (χ1v) is 6.00. The van der Waals surface area contributed by atoms with Gasteiger partial charge in [0.25, 0.3) is 0 Å². The summed E-state index contributed by atoms with van der Waals surface area (Å²) in [6, 6.07) is 8.16. The molecule has 0 saturated heterocycles. The van der Waals surface area contributed by atoms with Crippen molar-refractivity contribution in [3.05, 3.63) is 35.4 Å². The van der Waals surface area contributed by atoms with Gasteiger partial charge in [0.1, 0.15) is 5.78 Å². The monoisotopic (exact) mass is 218 g/mol. The predicted molar refractivity (Wildman–Crippen MR) is 63.4 cm³/mol. The van der Waals surface area contributed by atoms with Gasteiger partial charge in [-0.2, -0.15) is 0 Å². The van der Waals surface area contributed by atoms with Crippen molar-refractivity contribution in [2.45, 2.75) is 32.1 Å². The second kappa shape index (κ2) is 4.79. The first kappa shape index (κ1) is 11.3. The molecule has 2 nitrogen and oxygen atoms in total. The topological polar surface area (TPSA) is 37.3 Å². The fourth-order valence-electron chi connectivity index (χ4n) is 2.56. The number of hydrogen-bond donors (Lipinski definition) is 1. The number of rotatable bonds is 4. The van der Waals surface area contributed by atoms with Crippen LogP contribution >= 0.6 is 0 Å². The number of carbonyl (C=O) groups excluding carboxylic acids is 1. The fourth-order valence-corrected chi connectivity index (χ4v) is 2.56. The van der Waals surface area contributed by atoms with Gasteiger partial charge in [0.15, 0.2) is 0 Å². The summed E-state index contributed by atoms with van der Waals surface area (Å²) >= 11 is 0. The molecule has 2 unspecified atom stereocenters. The lowest BCUT2D eigenvalue weighted by atomic mass is 9.87. The SMILES string of the molecule is CCC(CO)C(=O)C1CCc2ccccc21. The van der Waals surface area contributed by atoms with E-state index in [1.807, 2.05) is 19.1 Å². The first-order chi connectivity index (χ1) is 7.77. The Kier molecular flexibility index (Phi) is 3.39. The molecule has 2 atom stereocenters. The smallest absolute Gasteiger partial charge is 0.145 e. The normalized spacial score (nSPS) is 20.5. The van der Waals surface area contributed by atoms with E-state index in [0.29, 0.717) is 0 Å². The highest BCUT2D eigenvalue weighted by Crippen LogP contribution is 2.35. The van der Waals surface area contributed by atoms with Crippen molar-refractivity contribution in [3.63, 3.8) is 0 Å². The van der Waals surface area contributed by atoms with Gasteiger partial charge < -0.3 is 5.11 Å². The third kappa shape index (κ3) is 1.90. The lowest BCUT2D eigenvalue weighted by Crippen LogP contribution is -2.23. The molecule has 86 valence electrons. The molecule has 0 saturated carbocycles. The Morgan fingerprint density at radius 1 is 1.50 bits per heavy atom. The van der Waals surface area contributed by atoms with E-state index in [2.05, 4.69) is 12.1 Å². The molecular formula is C14H18O2. The van der Waals surface area contributed by atoms with Gasteiger partial charge in [-0.1, -0.05) is 31.2 Å². The molecule has 0 spiro atoms. The number of Topliss-reactive ketones (excluding diaryl/α,β-unsaturated/α-hetero) is 1. The van der Waals surface area contributed by atoms with E-state index >= 15 is 0 Å². The Hall–Kier alpha value is -1.15. The molecule has 1 aliphatic rings. The van der Waals surface area contributed by atoms with Crippen LogP contribution in [0.3, 0.4) is 0 Å². The lowest BCUT2D eigenvalue weighted by Gasteiger charge is -2.16. The van der Waals surface area contributed by atoms with Crippen molar-refractivity contribution in [1.29, 1.82) is 0 Å². The summed E-state index contributed by atoms with van der Waals surface area (Å²) in [5.74, 6) is 0.0550. The number of aliphatic hydroxyl groups excluding tert-OH is 1. The third-order valence-corrected chi connectivity index (χ3v) is 3.59. The quantitative estimate of drug-likeness (QED) is 0.842. The van der Waals surface area contributed by atoms with Crippen LogP contribution in [0.4, 0.5) is 0 Å². The minimum absolute atomic E-state index is 0.0198. The first-order valence-electron chi connectivity index (χ1n) is 6.00. The average molecular weight is 218 g/mol. The molecule has 2 rings (SSSR count). The van der Waals surface area contributed by atoms with Crippen LogP contribution in [0.5, 0.6) is 0 Å². The van der Waals surface area contributed by atoms with E-state index < -0.39 is 0 Å². The van der Waals surface area contributed by atoms with Crippen LogP contribution in [0.1, 0.15) is 36.8 Å². The summed E-state index contributed by atoms with van der Waals surface area (Å²) in [6.07, 6.45) is 2.64. The number of aliphatic hydroxyl groups is 1. The zero-order valence-electron chi connectivity index (χ0n) is 9.65. The second-order valence-corrected chi connectivity index (χ2v) is 4.48. The Morgan fingerprint density at radius 3 is 2.94 bits per heavy atom. The zero-order chi connectivity index (χ0) is 11.5. The molecule has 1 aromatic rings. The molecule has 1 N–H and O–H groups in total. The molecule has 0 bridgehead atoms. The zero-order valence-corrected chi connectivity index (χ0v) is 9.65. The molecule has 0 aromatic heterocycles. The number of carbonyl (C=O) groups is 1. The minimum atomic E-state index is -0.184. The molecule has 0 fully saturated rings. The van der Waals surface area contributed by atoms with Gasteiger partial charge in [-0.15, -0.1) is 0 Å². The summed E-state index contributed by atoms with van der Waals surface area (Å²) in [7, 11) is 0. The number of benzene rings is 1. The Labute approximate surface area is 96.3 Å².